The molecule has 0 aromatic rings. The maximum absolute atomic E-state index is 11.7. The predicted molar refractivity (Wildman–Crippen MR) is 114 cm³/mol. The molecule has 0 aliphatic carbocycles. The predicted octanol–water partition coefficient (Wildman–Crippen LogP) is 6.64. The zero-order chi connectivity index (χ0) is 16.3. The minimum atomic E-state index is -4.04. The van der Waals surface area contributed by atoms with E-state index < -0.39 is 29.2 Å². The van der Waals surface area contributed by atoms with Crippen LogP contribution in [-0.2, 0) is 41.6 Å². The van der Waals surface area contributed by atoms with E-state index in [1.165, 1.54) is 7.11 Å². The molecule has 1 radical (unpaired) electrons. The van der Waals surface area contributed by atoms with E-state index in [9.17, 15) is 13.2 Å². The SMILES string of the molecule is CO[Si](C)(C)C.CO[Si](C)(C)CCC(F)(F)F.I.II.[Y]. The second kappa shape index (κ2) is 18.2. The summed E-state index contributed by atoms with van der Waals surface area (Å²) in [6.07, 6.45) is -4.76. The van der Waals surface area contributed by atoms with Gasteiger partial charge >= 0.3 is 6.18 Å². The Labute approximate surface area is 195 Å². The molecule has 0 amide bonds. The van der Waals surface area contributed by atoms with Gasteiger partial charge in [-0.25, -0.2) is 0 Å². The van der Waals surface area contributed by atoms with Gasteiger partial charge in [-0.2, -0.15) is 13.2 Å². The normalized spacial score (nSPS) is 10.9. The monoisotopic (exact) mass is 761 g/mol. The molecule has 0 aromatic heterocycles. The average molecular weight is 761 g/mol. The van der Waals surface area contributed by atoms with E-state index in [1.54, 1.807) is 20.2 Å². The zero-order valence-corrected chi connectivity index (χ0v) is 25.1. The van der Waals surface area contributed by atoms with Crippen molar-refractivity contribution in [1.29, 1.82) is 0 Å². The third-order valence-electron chi connectivity index (χ3n) is 2.18. The minimum absolute atomic E-state index is 0. The molecule has 0 unspecified atom stereocenters. The topological polar surface area (TPSA) is 18.5 Å². The molecular formula is C10H26F3I3O2Si2Y. The summed E-state index contributed by atoms with van der Waals surface area (Å²) in [5.41, 5.74) is 0. The van der Waals surface area contributed by atoms with Crippen molar-refractivity contribution >= 4 is 77.8 Å². The molecule has 0 rings (SSSR count). The molecule has 0 N–H and O–H groups in total. The van der Waals surface area contributed by atoms with Gasteiger partial charge in [0.2, 0.25) is 0 Å². The first-order valence-corrected chi connectivity index (χ1v) is 18.5. The van der Waals surface area contributed by atoms with Gasteiger partial charge < -0.3 is 8.85 Å². The van der Waals surface area contributed by atoms with Crippen LogP contribution in [0.5, 0.6) is 0 Å². The van der Waals surface area contributed by atoms with Crippen LogP contribution in [0.1, 0.15) is 6.42 Å². The standard InChI is InChI=1S/C6H13F3OSi.C4H12OSi.I2.HI.Y/c1-10-11(2,3)5-4-6(7,8)9;1-5-6(2,3)4;1-2;;/h4-5H2,1-3H3;1-4H3;;1H;. The molecule has 0 bridgehead atoms. The van der Waals surface area contributed by atoms with Crippen LogP contribution in [0.15, 0.2) is 0 Å². The Morgan fingerprint density at radius 1 is 0.905 bits per heavy atom. The fraction of sp³-hybridized carbons (Fsp3) is 1.00. The number of rotatable bonds is 4. The molecule has 21 heavy (non-hydrogen) atoms. The largest absolute Gasteiger partial charge is 0.421 e. The van der Waals surface area contributed by atoms with Gasteiger partial charge in [0.05, 0.1) is 0 Å². The number of alkyl halides is 3. The molecule has 131 valence electrons. The average Bonchev–Trinajstić information content (AvgIpc) is 2.28. The van der Waals surface area contributed by atoms with Gasteiger partial charge in [0.15, 0.2) is 16.6 Å². The summed E-state index contributed by atoms with van der Waals surface area (Å²) in [5, 5.41) is 0. The summed E-state index contributed by atoms with van der Waals surface area (Å²) < 4.78 is 45.1. The van der Waals surface area contributed by atoms with Gasteiger partial charge in [0.25, 0.3) is 0 Å². The maximum atomic E-state index is 11.7. The Balaban J connectivity index is -0.0000000739. The first-order chi connectivity index (χ1) is 8.33. The molecule has 0 atom stereocenters. The third kappa shape index (κ3) is 39.9. The Morgan fingerprint density at radius 2 is 1.19 bits per heavy atom. The summed E-state index contributed by atoms with van der Waals surface area (Å²) in [6.45, 7) is 10.0. The van der Waals surface area contributed by atoms with E-state index in [2.05, 4.69) is 56.9 Å². The van der Waals surface area contributed by atoms with Gasteiger partial charge in [-0.1, -0.05) is 0 Å². The van der Waals surface area contributed by atoms with Crippen molar-refractivity contribution in [3.05, 3.63) is 0 Å². The van der Waals surface area contributed by atoms with Gasteiger partial charge in [-0.3, -0.25) is 0 Å². The minimum Gasteiger partial charge on any atom is -0.421 e. The molecule has 0 spiro atoms. The third-order valence-corrected chi connectivity index (χ3v) is 5.96. The first kappa shape index (κ1) is 35.5. The quantitative estimate of drug-likeness (QED) is 0.237. The van der Waals surface area contributed by atoms with E-state index in [4.69, 9.17) is 8.85 Å². The Bertz CT molecular complexity index is 219. The second-order valence-electron chi connectivity index (χ2n) is 5.40. The van der Waals surface area contributed by atoms with Crippen LogP contribution < -0.4 is 0 Å². The first-order valence-electron chi connectivity index (χ1n) is 5.64. The van der Waals surface area contributed by atoms with Crippen LogP contribution >= 0.6 is 61.2 Å². The van der Waals surface area contributed by atoms with Crippen molar-refractivity contribution in [2.45, 2.75) is 51.4 Å². The fourth-order valence-electron chi connectivity index (χ4n) is 0.545. The molecule has 2 nitrogen and oxygen atoms in total. The number of hydrogen-bond acceptors (Lipinski definition) is 2. The van der Waals surface area contributed by atoms with Crippen molar-refractivity contribution in [2.24, 2.45) is 0 Å². The van der Waals surface area contributed by atoms with Crippen molar-refractivity contribution in [1.82, 2.24) is 0 Å². The molecule has 0 heterocycles. The molecule has 0 saturated heterocycles. The van der Waals surface area contributed by atoms with Gasteiger partial charge in [-0.05, 0) is 38.8 Å². The molecule has 11 heteroatoms. The van der Waals surface area contributed by atoms with Crippen LogP contribution in [0.3, 0.4) is 0 Å². The van der Waals surface area contributed by atoms with Crippen molar-refractivity contribution in [3.8, 4) is 0 Å². The molecule has 0 aliphatic heterocycles. The summed E-state index contributed by atoms with van der Waals surface area (Å²) in [7, 11) is 0.107. The van der Waals surface area contributed by atoms with E-state index in [-0.39, 0.29) is 62.7 Å². The second-order valence-corrected chi connectivity index (χ2v) is 14.5. The summed E-state index contributed by atoms with van der Waals surface area (Å²) in [6, 6.07) is 0.146. The molecule has 0 aliphatic rings. The molecule has 0 fully saturated rings. The van der Waals surface area contributed by atoms with Gasteiger partial charge in [0, 0.05) is 90.6 Å². The molecular weight excluding hydrogens is 735 g/mol. The van der Waals surface area contributed by atoms with E-state index in [0.717, 1.165) is 0 Å². The van der Waals surface area contributed by atoms with Crippen LogP contribution in [0.4, 0.5) is 13.2 Å². The summed E-state index contributed by atoms with van der Waals surface area (Å²) in [4.78, 5) is 0. The zero-order valence-electron chi connectivity index (χ0n) is 13.6. The van der Waals surface area contributed by atoms with Crippen LogP contribution in [0.2, 0.25) is 38.8 Å². The Morgan fingerprint density at radius 3 is 1.33 bits per heavy atom. The van der Waals surface area contributed by atoms with Crippen molar-refractivity contribution < 1.29 is 54.7 Å². The maximum Gasteiger partial charge on any atom is 0.388 e. The molecule has 0 saturated carbocycles. The van der Waals surface area contributed by atoms with Crippen LogP contribution in [0.25, 0.3) is 0 Å². The van der Waals surface area contributed by atoms with E-state index in [1.807, 2.05) is 0 Å². The van der Waals surface area contributed by atoms with Gasteiger partial charge in [-0.15, -0.1) is 24.0 Å². The van der Waals surface area contributed by atoms with Crippen LogP contribution in [-0.4, -0.2) is 37.0 Å². The number of halogens is 6. The summed E-state index contributed by atoms with van der Waals surface area (Å²) in [5.74, 6) is 0. The smallest absolute Gasteiger partial charge is 0.388 e. The van der Waals surface area contributed by atoms with Crippen molar-refractivity contribution in [2.75, 3.05) is 14.2 Å². The van der Waals surface area contributed by atoms with Gasteiger partial charge in [0.1, 0.15) is 0 Å². The Hall–Kier alpha value is 3.44. The van der Waals surface area contributed by atoms with E-state index >= 15 is 0 Å². The van der Waals surface area contributed by atoms with Crippen molar-refractivity contribution in [3.63, 3.8) is 0 Å². The Kier molecular flexibility index (Phi) is 30.9. The number of hydrogen-bond donors (Lipinski definition) is 0. The van der Waals surface area contributed by atoms with Crippen LogP contribution in [0, 0.1) is 0 Å². The van der Waals surface area contributed by atoms with E-state index in [0.29, 0.717) is 0 Å². The summed E-state index contributed by atoms with van der Waals surface area (Å²) >= 11 is 4.24. The fourth-order valence-corrected chi connectivity index (χ4v) is 1.63. The molecule has 0 aromatic carbocycles.